The monoisotopic (exact) mass is 220 g/mol. The molecule has 0 amide bonds. The van der Waals surface area contributed by atoms with Gasteiger partial charge in [-0.15, -0.1) is 0 Å². The van der Waals surface area contributed by atoms with Crippen LogP contribution in [0.15, 0.2) is 41.3 Å². The third-order valence-electron chi connectivity index (χ3n) is 2.29. The van der Waals surface area contributed by atoms with Crippen molar-refractivity contribution in [2.45, 2.75) is 13.0 Å². The lowest BCUT2D eigenvalue weighted by Gasteiger charge is -2.02. The molecule has 0 bridgehead atoms. The van der Waals surface area contributed by atoms with Crippen LogP contribution in [0, 0.1) is 5.82 Å². The third kappa shape index (κ3) is 3.17. The van der Waals surface area contributed by atoms with Crippen LogP contribution < -0.4 is 5.32 Å². The lowest BCUT2D eigenvalue weighted by Crippen LogP contribution is -2.16. The van der Waals surface area contributed by atoms with E-state index in [1.54, 1.807) is 18.3 Å². The number of hydrogen-bond acceptors (Lipinski definition) is 3. The molecule has 1 N–H and O–H groups in total. The molecular weight excluding hydrogens is 207 g/mol. The molecule has 0 radical (unpaired) electrons. The lowest BCUT2D eigenvalue weighted by molar-refractivity contribution is 0.480. The van der Waals surface area contributed by atoms with Crippen molar-refractivity contribution in [3.8, 4) is 0 Å². The summed E-state index contributed by atoms with van der Waals surface area (Å²) in [6.07, 6.45) is 3.97. The van der Waals surface area contributed by atoms with Gasteiger partial charge in [-0.3, -0.25) is 0 Å². The summed E-state index contributed by atoms with van der Waals surface area (Å²) >= 11 is 0. The molecule has 4 heteroatoms. The molecule has 0 spiro atoms. The first-order valence-corrected chi connectivity index (χ1v) is 5.17. The van der Waals surface area contributed by atoms with E-state index in [2.05, 4.69) is 10.3 Å². The first-order valence-electron chi connectivity index (χ1n) is 5.17. The molecule has 2 aromatic rings. The summed E-state index contributed by atoms with van der Waals surface area (Å²) in [6.45, 7) is 1.49. The van der Waals surface area contributed by atoms with Crippen molar-refractivity contribution < 1.29 is 8.81 Å². The zero-order valence-corrected chi connectivity index (χ0v) is 8.82. The van der Waals surface area contributed by atoms with E-state index in [0.29, 0.717) is 6.54 Å². The quantitative estimate of drug-likeness (QED) is 0.784. The average Bonchev–Trinajstić information content (AvgIpc) is 2.80. The number of nitrogens with one attached hydrogen (secondary N) is 1. The second kappa shape index (κ2) is 5.42. The number of halogens is 1. The van der Waals surface area contributed by atoms with Crippen molar-refractivity contribution in [2.75, 3.05) is 6.54 Å². The Morgan fingerprint density at radius 2 is 2.06 bits per heavy atom. The lowest BCUT2D eigenvalue weighted by atomic mass is 10.1. The fraction of sp³-hybridized carbons (Fsp3) is 0.250. The number of benzene rings is 1. The van der Waals surface area contributed by atoms with Gasteiger partial charge in [-0.2, -0.15) is 0 Å². The van der Waals surface area contributed by atoms with E-state index in [1.165, 1.54) is 18.5 Å². The maximum absolute atomic E-state index is 12.6. The van der Waals surface area contributed by atoms with Crippen LogP contribution in [-0.4, -0.2) is 11.5 Å². The normalized spacial score (nSPS) is 10.6. The van der Waals surface area contributed by atoms with Crippen molar-refractivity contribution in [1.29, 1.82) is 0 Å². The fourth-order valence-electron chi connectivity index (χ4n) is 1.42. The van der Waals surface area contributed by atoms with Gasteiger partial charge in [-0.25, -0.2) is 9.37 Å². The molecule has 0 fully saturated rings. The van der Waals surface area contributed by atoms with Gasteiger partial charge < -0.3 is 9.73 Å². The smallest absolute Gasteiger partial charge is 0.180 e. The van der Waals surface area contributed by atoms with E-state index in [-0.39, 0.29) is 5.82 Å². The van der Waals surface area contributed by atoms with Crippen LogP contribution in [0.4, 0.5) is 4.39 Å². The standard InChI is InChI=1S/C12H13FN2O/c13-11-3-1-10(2-4-11)5-6-14-7-12-8-15-9-16-12/h1-4,8-9,14H,5-7H2. The zero-order valence-electron chi connectivity index (χ0n) is 8.82. The minimum Gasteiger partial charge on any atom is -0.447 e. The molecule has 1 heterocycles. The molecule has 0 saturated carbocycles. The van der Waals surface area contributed by atoms with Crippen LogP contribution in [-0.2, 0) is 13.0 Å². The van der Waals surface area contributed by atoms with Crippen molar-refractivity contribution in [3.63, 3.8) is 0 Å². The SMILES string of the molecule is Fc1ccc(CCNCc2cnco2)cc1. The first kappa shape index (κ1) is 10.8. The van der Waals surface area contributed by atoms with E-state index in [0.717, 1.165) is 24.3 Å². The minimum atomic E-state index is -0.196. The molecule has 0 aliphatic rings. The van der Waals surface area contributed by atoms with E-state index in [1.807, 2.05) is 0 Å². The molecule has 1 aromatic carbocycles. The van der Waals surface area contributed by atoms with Crippen LogP contribution in [0.5, 0.6) is 0 Å². The van der Waals surface area contributed by atoms with Crippen LogP contribution in [0.2, 0.25) is 0 Å². The summed E-state index contributed by atoms with van der Waals surface area (Å²) in [5, 5.41) is 3.22. The Bertz CT molecular complexity index is 411. The third-order valence-corrected chi connectivity index (χ3v) is 2.29. The van der Waals surface area contributed by atoms with Gasteiger partial charge in [0.15, 0.2) is 6.39 Å². The highest BCUT2D eigenvalue weighted by Gasteiger charge is 1.96. The van der Waals surface area contributed by atoms with Crippen molar-refractivity contribution in [1.82, 2.24) is 10.3 Å². The maximum atomic E-state index is 12.6. The van der Waals surface area contributed by atoms with Crippen LogP contribution in [0.3, 0.4) is 0 Å². The molecule has 84 valence electrons. The van der Waals surface area contributed by atoms with E-state index < -0.39 is 0 Å². The van der Waals surface area contributed by atoms with Gasteiger partial charge in [0, 0.05) is 0 Å². The Hall–Kier alpha value is -1.68. The average molecular weight is 220 g/mol. The van der Waals surface area contributed by atoms with E-state index >= 15 is 0 Å². The summed E-state index contributed by atoms with van der Waals surface area (Å²) in [4.78, 5) is 3.82. The number of rotatable bonds is 5. The molecule has 0 aliphatic heterocycles. The van der Waals surface area contributed by atoms with Gasteiger partial charge >= 0.3 is 0 Å². The van der Waals surface area contributed by atoms with Gasteiger partial charge in [0.05, 0.1) is 12.7 Å². The largest absolute Gasteiger partial charge is 0.447 e. The topological polar surface area (TPSA) is 38.1 Å². The highest BCUT2D eigenvalue weighted by atomic mass is 19.1. The Morgan fingerprint density at radius 1 is 1.25 bits per heavy atom. The zero-order chi connectivity index (χ0) is 11.2. The molecule has 3 nitrogen and oxygen atoms in total. The second-order valence-corrected chi connectivity index (χ2v) is 3.52. The van der Waals surface area contributed by atoms with Crippen LogP contribution in [0.1, 0.15) is 11.3 Å². The molecular formula is C12H13FN2O. The van der Waals surface area contributed by atoms with Crippen molar-refractivity contribution >= 4 is 0 Å². The van der Waals surface area contributed by atoms with E-state index in [9.17, 15) is 4.39 Å². The molecule has 0 aliphatic carbocycles. The minimum absolute atomic E-state index is 0.196. The molecule has 2 rings (SSSR count). The fourth-order valence-corrected chi connectivity index (χ4v) is 1.42. The van der Waals surface area contributed by atoms with Gasteiger partial charge in [0.1, 0.15) is 11.6 Å². The number of hydrogen-bond donors (Lipinski definition) is 1. The van der Waals surface area contributed by atoms with Gasteiger partial charge in [-0.05, 0) is 30.7 Å². The summed E-state index contributed by atoms with van der Waals surface area (Å²) in [5.74, 6) is 0.623. The highest BCUT2D eigenvalue weighted by Crippen LogP contribution is 2.03. The van der Waals surface area contributed by atoms with Gasteiger partial charge in [-0.1, -0.05) is 12.1 Å². The Balaban J connectivity index is 1.70. The Kier molecular flexibility index (Phi) is 3.66. The molecule has 0 unspecified atom stereocenters. The molecule has 0 atom stereocenters. The number of aromatic nitrogens is 1. The summed E-state index contributed by atoms with van der Waals surface area (Å²) in [5.41, 5.74) is 1.12. The molecule has 1 aromatic heterocycles. The van der Waals surface area contributed by atoms with E-state index in [4.69, 9.17) is 4.42 Å². The van der Waals surface area contributed by atoms with Gasteiger partial charge in [0.25, 0.3) is 0 Å². The summed E-state index contributed by atoms with van der Waals surface area (Å²) < 4.78 is 17.7. The van der Waals surface area contributed by atoms with Gasteiger partial charge in [0.2, 0.25) is 0 Å². The summed E-state index contributed by atoms with van der Waals surface area (Å²) in [7, 11) is 0. The molecule has 0 saturated heterocycles. The van der Waals surface area contributed by atoms with Crippen molar-refractivity contribution in [2.24, 2.45) is 0 Å². The number of nitrogens with zero attached hydrogens (tertiary/aromatic N) is 1. The predicted molar refractivity (Wildman–Crippen MR) is 58.3 cm³/mol. The summed E-state index contributed by atoms with van der Waals surface area (Å²) in [6, 6.07) is 6.55. The Labute approximate surface area is 93.3 Å². The number of oxazole rings is 1. The van der Waals surface area contributed by atoms with Crippen LogP contribution in [0.25, 0.3) is 0 Å². The highest BCUT2D eigenvalue weighted by molar-refractivity contribution is 5.16. The van der Waals surface area contributed by atoms with Crippen molar-refractivity contribution in [3.05, 3.63) is 54.0 Å². The predicted octanol–water partition coefficient (Wildman–Crippen LogP) is 2.15. The van der Waals surface area contributed by atoms with Crippen LogP contribution >= 0.6 is 0 Å². The first-order chi connectivity index (χ1) is 7.84. The Morgan fingerprint density at radius 3 is 2.75 bits per heavy atom. The molecule has 16 heavy (non-hydrogen) atoms. The maximum Gasteiger partial charge on any atom is 0.180 e. The second-order valence-electron chi connectivity index (χ2n) is 3.52.